The van der Waals surface area contributed by atoms with Crippen molar-refractivity contribution in [3.05, 3.63) is 101 Å². The molecule has 0 spiro atoms. The molecule has 130 valence electrons. The SMILES string of the molecule is O=C(N/N=C/c1cccc(OCc2ccccc2)c1)c1ccc(Cl)cc1. The van der Waals surface area contributed by atoms with Crippen molar-refractivity contribution in [1.29, 1.82) is 0 Å². The number of ether oxygens (including phenoxy) is 1. The maximum absolute atomic E-state index is 12.0. The Kier molecular flexibility index (Phi) is 6.01. The lowest BCUT2D eigenvalue weighted by Crippen LogP contribution is -2.17. The van der Waals surface area contributed by atoms with Crippen molar-refractivity contribution in [1.82, 2.24) is 5.43 Å². The third kappa shape index (κ3) is 5.19. The van der Waals surface area contributed by atoms with E-state index in [0.29, 0.717) is 17.2 Å². The first kappa shape index (κ1) is 17.7. The van der Waals surface area contributed by atoms with Gasteiger partial charge < -0.3 is 4.74 Å². The van der Waals surface area contributed by atoms with Crippen molar-refractivity contribution in [2.75, 3.05) is 0 Å². The summed E-state index contributed by atoms with van der Waals surface area (Å²) in [5.74, 6) is 0.441. The van der Waals surface area contributed by atoms with E-state index in [9.17, 15) is 4.79 Å². The lowest BCUT2D eigenvalue weighted by molar-refractivity contribution is 0.0955. The second-order valence-corrected chi connectivity index (χ2v) is 5.99. The molecular formula is C21H17ClN2O2. The number of hydrogen-bond acceptors (Lipinski definition) is 3. The zero-order valence-electron chi connectivity index (χ0n) is 13.9. The first-order valence-corrected chi connectivity index (χ1v) is 8.44. The molecule has 0 bridgehead atoms. The molecule has 0 aliphatic heterocycles. The summed E-state index contributed by atoms with van der Waals surface area (Å²) in [7, 11) is 0. The zero-order chi connectivity index (χ0) is 18.2. The van der Waals surface area contributed by atoms with Gasteiger partial charge in [-0.25, -0.2) is 5.43 Å². The Hall–Kier alpha value is -3.11. The molecular weight excluding hydrogens is 348 g/mol. The highest BCUT2D eigenvalue weighted by Crippen LogP contribution is 2.14. The van der Waals surface area contributed by atoms with Crippen molar-refractivity contribution >= 4 is 23.7 Å². The molecule has 0 aliphatic carbocycles. The Bertz CT molecular complexity index is 893. The number of rotatable bonds is 6. The van der Waals surface area contributed by atoms with Crippen LogP contribution in [0.3, 0.4) is 0 Å². The summed E-state index contributed by atoms with van der Waals surface area (Å²) in [5, 5.41) is 4.57. The molecule has 0 aliphatic rings. The lowest BCUT2D eigenvalue weighted by Gasteiger charge is -2.06. The van der Waals surface area contributed by atoms with E-state index in [1.807, 2.05) is 54.6 Å². The van der Waals surface area contributed by atoms with E-state index < -0.39 is 0 Å². The molecule has 0 radical (unpaired) electrons. The van der Waals surface area contributed by atoms with Gasteiger partial charge in [0, 0.05) is 10.6 Å². The number of carbonyl (C=O) groups excluding carboxylic acids is 1. The van der Waals surface area contributed by atoms with Crippen molar-refractivity contribution < 1.29 is 9.53 Å². The van der Waals surface area contributed by atoms with Gasteiger partial charge in [-0.05, 0) is 47.5 Å². The van der Waals surface area contributed by atoms with Gasteiger partial charge in [-0.1, -0.05) is 54.1 Å². The molecule has 0 atom stereocenters. The maximum atomic E-state index is 12.0. The highest BCUT2D eigenvalue weighted by molar-refractivity contribution is 6.30. The molecule has 0 saturated carbocycles. The fourth-order valence-corrected chi connectivity index (χ4v) is 2.38. The van der Waals surface area contributed by atoms with Crippen LogP contribution in [0.5, 0.6) is 5.75 Å². The molecule has 26 heavy (non-hydrogen) atoms. The van der Waals surface area contributed by atoms with Crippen molar-refractivity contribution in [3.8, 4) is 5.75 Å². The van der Waals surface area contributed by atoms with Crippen LogP contribution >= 0.6 is 11.6 Å². The third-order valence-electron chi connectivity index (χ3n) is 3.59. The van der Waals surface area contributed by atoms with Crippen LogP contribution in [0.25, 0.3) is 0 Å². The van der Waals surface area contributed by atoms with E-state index in [2.05, 4.69) is 10.5 Å². The first-order chi connectivity index (χ1) is 12.7. The number of nitrogens with zero attached hydrogens (tertiary/aromatic N) is 1. The molecule has 3 aromatic rings. The van der Waals surface area contributed by atoms with Crippen LogP contribution in [-0.2, 0) is 6.61 Å². The van der Waals surface area contributed by atoms with Crippen molar-refractivity contribution in [2.45, 2.75) is 6.61 Å². The van der Waals surface area contributed by atoms with Crippen LogP contribution in [0, 0.1) is 0 Å². The van der Waals surface area contributed by atoms with Crippen LogP contribution in [0.1, 0.15) is 21.5 Å². The summed E-state index contributed by atoms with van der Waals surface area (Å²) in [4.78, 5) is 12.0. The summed E-state index contributed by atoms with van der Waals surface area (Å²) < 4.78 is 5.78. The Morgan fingerprint density at radius 3 is 2.54 bits per heavy atom. The quantitative estimate of drug-likeness (QED) is 0.510. The lowest BCUT2D eigenvalue weighted by atomic mass is 10.2. The van der Waals surface area contributed by atoms with Crippen LogP contribution < -0.4 is 10.2 Å². The average Bonchev–Trinajstić information content (AvgIpc) is 2.68. The Balaban J connectivity index is 1.56. The fraction of sp³-hybridized carbons (Fsp3) is 0.0476. The van der Waals surface area contributed by atoms with Crippen LogP contribution in [-0.4, -0.2) is 12.1 Å². The number of carbonyl (C=O) groups is 1. The Morgan fingerprint density at radius 2 is 1.77 bits per heavy atom. The molecule has 0 saturated heterocycles. The molecule has 0 unspecified atom stereocenters. The molecule has 3 rings (SSSR count). The third-order valence-corrected chi connectivity index (χ3v) is 3.84. The number of amides is 1. The molecule has 0 fully saturated rings. The summed E-state index contributed by atoms with van der Waals surface area (Å²) in [6.45, 7) is 0.495. The van der Waals surface area contributed by atoms with Crippen LogP contribution in [0.4, 0.5) is 0 Å². The van der Waals surface area contributed by atoms with Crippen molar-refractivity contribution in [3.63, 3.8) is 0 Å². The normalized spacial score (nSPS) is 10.7. The van der Waals surface area contributed by atoms with E-state index in [-0.39, 0.29) is 5.91 Å². The number of hydrogen-bond donors (Lipinski definition) is 1. The predicted octanol–water partition coefficient (Wildman–Crippen LogP) is 4.68. The standard InChI is InChI=1S/C21H17ClN2O2/c22-19-11-9-18(10-12-19)21(25)24-23-14-17-7-4-8-20(13-17)26-15-16-5-2-1-3-6-16/h1-14H,15H2,(H,24,25)/b23-14+. The minimum Gasteiger partial charge on any atom is -0.489 e. The summed E-state index contributed by atoms with van der Waals surface area (Å²) in [6, 6.07) is 24.1. The van der Waals surface area contributed by atoms with E-state index in [1.165, 1.54) is 0 Å². The van der Waals surface area contributed by atoms with E-state index in [1.54, 1.807) is 30.5 Å². The number of benzene rings is 3. The van der Waals surface area contributed by atoms with E-state index in [0.717, 1.165) is 16.9 Å². The number of nitrogens with one attached hydrogen (secondary N) is 1. The summed E-state index contributed by atoms with van der Waals surface area (Å²) in [5.41, 5.74) is 4.91. The Morgan fingerprint density at radius 1 is 1.00 bits per heavy atom. The van der Waals surface area contributed by atoms with Gasteiger partial charge in [0.25, 0.3) is 5.91 Å². The second kappa shape index (κ2) is 8.83. The molecule has 1 N–H and O–H groups in total. The fourth-order valence-electron chi connectivity index (χ4n) is 2.26. The maximum Gasteiger partial charge on any atom is 0.271 e. The Labute approximate surface area is 157 Å². The van der Waals surface area contributed by atoms with Gasteiger partial charge in [0.2, 0.25) is 0 Å². The molecule has 1 amide bonds. The molecule has 4 nitrogen and oxygen atoms in total. The molecule has 0 aromatic heterocycles. The van der Waals surface area contributed by atoms with Crippen molar-refractivity contribution in [2.24, 2.45) is 5.10 Å². The minimum atomic E-state index is -0.297. The molecule has 0 heterocycles. The minimum absolute atomic E-state index is 0.297. The van der Waals surface area contributed by atoms with Gasteiger partial charge in [0.1, 0.15) is 12.4 Å². The number of halogens is 1. The van der Waals surface area contributed by atoms with Gasteiger partial charge in [0.05, 0.1) is 6.21 Å². The zero-order valence-corrected chi connectivity index (χ0v) is 14.7. The van der Waals surface area contributed by atoms with Gasteiger partial charge in [0.15, 0.2) is 0 Å². The summed E-state index contributed by atoms with van der Waals surface area (Å²) in [6.07, 6.45) is 1.57. The molecule has 5 heteroatoms. The van der Waals surface area contributed by atoms with Gasteiger partial charge in [-0.2, -0.15) is 5.10 Å². The smallest absolute Gasteiger partial charge is 0.271 e. The number of hydrazone groups is 1. The van der Waals surface area contributed by atoms with Crippen LogP contribution in [0.15, 0.2) is 84.0 Å². The van der Waals surface area contributed by atoms with E-state index >= 15 is 0 Å². The first-order valence-electron chi connectivity index (χ1n) is 8.06. The highest BCUT2D eigenvalue weighted by Gasteiger charge is 2.03. The van der Waals surface area contributed by atoms with Gasteiger partial charge in [-0.15, -0.1) is 0 Å². The van der Waals surface area contributed by atoms with Gasteiger partial charge in [-0.3, -0.25) is 4.79 Å². The highest BCUT2D eigenvalue weighted by atomic mass is 35.5. The molecule has 3 aromatic carbocycles. The van der Waals surface area contributed by atoms with Crippen LogP contribution in [0.2, 0.25) is 5.02 Å². The van der Waals surface area contributed by atoms with E-state index in [4.69, 9.17) is 16.3 Å². The monoisotopic (exact) mass is 364 g/mol. The predicted molar refractivity (Wildman–Crippen MR) is 104 cm³/mol. The largest absolute Gasteiger partial charge is 0.489 e. The summed E-state index contributed by atoms with van der Waals surface area (Å²) >= 11 is 5.81. The topological polar surface area (TPSA) is 50.7 Å². The van der Waals surface area contributed by atoms with Gasteiger partial charge >= 0.3 is 0 Å². The second-order valence-electron chi connectivity index (χ2n) is 5.55. The average molecular weight is 365 g/mol.